The van der Waals surface area contributed by atoms with Crippen molar-refractivity contribution in [2.24, 2.45) is 0 Å². The Balaban J connectivity index is 1.73. The highest BCUT2D eigenvalue weighted by molar-refractivity contribution is 7.80. The molecule has 23 heavy (non-hydrogen) atoms. The Labute approximate surface area is 138 Å². The molecule has 126 valence electrons. The number of hydrogen-bond acceptors (Lipinski definition) is 3. The van der Waals surface area contributed by atoms with E-state index in [1.54, 1.807) is 11.0 Å². The Hall–Kier alpha value is -1.38. The summed E-state index contributed by atoms with van der Waals surface area (Å²) in [6, 6.07) is 5.23. The molecule has 1 N–H and O–H groups in total. The van der Waals surface area contributed by atoms with E-state index in [1.807, 2.05) is 0 Å². The molecule has 2 heterocycles. The molecule has 0 aromatic heterocycles. The first kappa shape index (κ1) is 16.5. The van der Waals surface area contributed by atoms with E-state index in [0.717, 1.165) is 38.1 Å². The first-order valence-electron chi connectivity index (χ1n) is 7.50. The number of ether oxygens (including phenoxy) is 1. The van der Waals surface area contributed by atoms with Crippen LogP contribution in [0.3, 0.4) is 0 Å². The van der Waals surface area contributed by atoms with Gasteiger partial charge in [0.2, 0.25) is 0 Å². The average Bonchev–Trinajstić information content (AvgIpc) is 3.01. The minimum atomic E-state index is -4.36. The zero-order valence-corrected chi connectivity index (χ0v) is 13.3. The molecule has 8 heteroatoms. The van der Waals surface area contributed by atoms with Crippen molar-refractivity contribution in [3.63, 3.8) is 0 Å². The highest BCUT2D eigenvalue weighted by Crippen LogP contribution is 2.32. The summed E-state index contributed by atoms with van der Waals surface area (Å²) in [6.45, 7) is 2.55. The lowest BCUT2D eigenvalue weighted by Crippen LogP contribution is -2.57. The van der Waals surface area contributed by atoms with Crippen LogP contribution in [0, 0.1) is 0 Å². The van der Waals surface area contributed by atoms with Gasteiger partial charge in [-0.05, 0) is 43.3 Å². The van der Waals surface area contributed by atoms with E-state index in [1.165, 1.54) is 6.07 Å². The van der Waals surface area contributed by atoms with Crippen LogP contribution in [-0.4, -0.2) is 42.6 Å². The second kappa shape index (κ2) is 6.62. The predicted molar refractivity (Wildman–Crippen MR) is 85.1 cm³/mol. The molecule has 0 bridgehead atoms. The molecule has 3 rings (SSSR count). The van der Waals surface area contributed by atoms with Crippen molar-refractivity contribution in [2.45, 2.75) is 25.1 Å². The van der Waals surface area contributed by atoms with Crippen molar-refractivity contribution in [1.29, 1.82) is 0 Å². The predicted octanol–water partition coefficient (Wildman–Crippen LogP) is 2.80. The van der Waals surface area contributed by atoms with Crippen LogP contribution in [0.25, 0.3) is 0 Å². The first-order valence-corrected chi connectivity index (χ1v) is 7.91. The van der Waals surface area contributed by atoms with Crippen molar-refractivity contribution < 1.29 is 17.9 Å². The quantitative estimate of drug-likeness (QED) is 0.851. The van der Waals surface area contributed by atoms with E-state index in [4.69, 9.17) is 17.0 Å². The molecule has 4 nitrogen and oxygen atoms in total. The molecule has 2 aliphatic rings. The maximum absolute atomic E-state index is 12.9. The topological polar surface area (TPSA) is 27.7 Å². The fraction of sp³-hybridized carbons (Fsp3) is 0.533. The third-order valence-corrected chi connectivity index (χ3v) is 4.38. The molecule has 2 fully saturated rings. The maximum Gasteiger partial charge on any atom is 0.416 e. The summed E-state index contributed by atoms with van der Waals surface area (Å²) in [5.41, 5.74) is -0.233. The second-order valence-electron chi connectivity index (χ2n) is 5.75. The summed E-state index contributed by atoms with van der Waals surface area (Å²) in [7, 11) is 0. The Kier molecular flexibility index (Phi) is 4.74. The van der Waals surface area contributed by atoms with Gasteiger partial charge in [-0.15, -0.1) is 0 Å². The van der Waals surface area contributed by atoms with E-state index >= 15 is 0 Å². The smallest absolute Gasteiger partial charge is 0.377 e. The summed E-state index contributed by atoms with van der Waals surface area (Å²) in [4.78, 5) is 3.77. The van der Waals surface area contributed by atoms with Gasteiger partial charge in [-0.25, -0.2) is 0 Å². The third-order valence-electron chi connectivity index (χ3n) is 4.01. The highest BCUT2D eigenvalue weighted by Gasteiger charge is 2.32. The number of alkyl halides is 3. The minimum absolute atomic E-state index is 0.187. The van der Waals surface area contributed by atoms with Crippen LogP contribution in [-0.2, 0) is 10.9 Å². The molecule has 1 atom stereocenters. The van der Waals surface area contributed by atoms with Crippen LogP contribution in [0.15, 0.2) is 24.3 Å². The fourth-order valence-electron chi connectivity index (χ4n) is 2.84. The van der Waals surface area contributed by atoms with E-state index in [2.05, 4.69) is 10.2 Å². The molecule has 0 spiro atoms. The first-order chi connectivity index (χ1) is 10.9. The van der Waals surface area contributed by atoms with Crippen molar-refractivity contribution in [3.05, 3.63) is 29.8 Å². The number of nitrogens with zero attached hydrogens (tertiary/aromatic N) is 2. The van der Waals surface area contributed by atoms with Crippen molar-refractivity contribution in [1.82, 2.24) is 10.2 Å². The lowest BCUT2D eigenvalue weighted by molar-refractivity contribution is -0.137. The van der Waals surface area contributed by atoms with Crippen LogP contribution in [0.2, 0.25) is 0 Å². The van der Waals surface area contributed by atoms with Gasteiger partial charge >= 0.3 is 6.18 Å². The monoisotopic (exact) mass is 345 g/mol. The zero-order valence-electron chi connectivity index (χ0n) is 12.5. The van der Waals surface area contributed by atoms with Crippen molar-refractivity contribution in [3.8, 4) is 0 Å². The van der Waals surface area contributed by atoms with Gasteiger partial charge < -0.3 is 15.0 Å². The van der Waals surface area contributed by atoms with Crippen molar-refractivity contribution >= 4 is 23.0 Å². The fourth-order valence-corrected chi connectivity index (χ4v) is 3.06. The molecular formula is C15H18F3N3OS. The Bertz CT molecular complexity index is 575. The number of thiocarbonyl (C=S) groups is 1. The van der Waals surface area contributed by atoms with Gasteiger partial charge in [0, 0.05) is 18.8 Å². The number of benzene rings is 1. The van der Waals surface area contributed by atoms with E-state index in [9.17, 15) is 13.2 Å². The Morgan fingerprint density at radius 2 is 2.17 bits per heavy atom. The molecule has 0 aliphatic carbocycles. The van der Waals surface area contributed by atoms with Gasteiger partial charge in [0.15, 0.2) is 5.11 Å². The number of anilines is 1. The van der Waals surface area contributed by atoms with E-state index in [-0.39, 0.29) is 6.10 Å². The Morgan fingerprint density at radius 1 is 1.35 bits per heavy atom. The Morgan fingerprint density at radius 3 is 2.87 bits per heavy atom. The number of hydrogen-bond donors (Lipinski definition) is 1. The van der Waals surface area contributed by atoms with Crippen LogP contribution >= 0.6 is 12.2 Å². The largest absolute Gasteiger partial charge is 0.416 e. The third kappa shape index (κ3) is 3.94. The van der Waals surface area contributed by atoms with Crippen molar-refractivity contribution in [2.75, 3.05) is 31.4 Å². The summed E-state index contributed by atoms with van der Waals surface area (Å²) in [5.74, 6) is 0. The molecule has 0 amide bonds. The van der Waals surface area contributed by atoms with Gasteiger partial charge in [-0.3, -0.25) is 4.90 Å². The van der Waals surface area contributed by atoms with Crippen LogP contribution in [0.5, 0.6) is 0 Å². The summed E-state index contributed by atoms with van der Waals surface area (Å²) >= 11 is 5.26. The molecule has 2 aliphatic heterocycles. The van der Waals surface area contributed by atoms with Gasteiger partial charge in [0.05, 0.1) is 25.0 Å². The molecule has 0 saturated carbocycles. The van der Waals surface area contributed by atoms with Crippen LogP contribution < -0.4 is 10.2 Å². The summed E-state index contributed by atoms with van der Waals surface area (Å²) in [6.07, 6.45) is -2.10. The summed E-state index contributed by atoms with van der Waals surface area (Å²) in [5, 5.41) is 3.50. The molecular weight excluding hydrogens is 327 g/mol. The van der Waals surface area contributed by atoms with E-state index < -0.39 is 11.7 Å². The normalized spacial score (nSPS) is 23.2. The maximum atomic E-state index is 12.9. The number of halogens is 3. The minimum Gasteiger partial charge on any atom is -0.377 e. The molecule has 0 unspecified atom stereocenters. The average molecular weight is 345 g/mol. The molecule has 1 aromatic rings. The number of rotatable bonds is 3. The molecule has 0 radical (unpaired) electrons. The number of nitrogens with one attached hydrogen (secondary N) is 1. The lowest BCUT2D eigenvalue weighted by Gasteiger charge is -2.39. The highest BCUT2D eigenvalue weighted by atomic mass is 32.1. The molecule has 1 aromatic carbocycles. The van der Waals surface area contributed by atoms with Crippen LogP contribution in [0.4, 0.5) is 18.9 Å². The van der Waals surface area contributed by atoms with E-state index in [0.29, 0.717) is 24.1 Å². The standard InChI is InChI=1S/C15H18F3N3OS/c16-15(17,18)11-3-1-4-12(7-11)21-10-20(9-19-14(21)23)8-13-5-2-6-22-13/h1,3-4,7,13H,2,5-6,8-10H2,(H,19,23)/t13-/m1/s1. The van der Waals surface area contributed by atoms with Gasteiger partial charge in [-0.2, -0.15) is 13.2 Å². The van der Waals surface area contributed by atoms with Gasteiger partial charge in [0.1, 0.15) is 0 Å². The lowest BCUT2D eigenvalue weighted by atomic mass is 10.2. The van der Waals surface area contributed by atoms with Crippen LogP contribution in [0.1, 0.15) is 18.4 Å². The SMILES string of the molecule is FC(F)(F)c1cccc(N2CN(C[C@H]3CCCO3)CNC2=S)c1. The molecule has 2 saturated heterocycles. The zero-order chi connectivity index (χ0) is 16.4. The van der Waals surface area contributed by atoms with Gasteiger partial charge in [-0.1, -0.05) is 6.07 Å². The second-order valence-corrected chi connectivity index (χ2v) is 6.13. The van der Waals surface area contributed by atoms with Gasteiger partial charge in [0.25, 0.3) is 0 Å². The summed E-state index contributed by atoms with van der Waals surface area (Å²) < 4.78 is 44.3.